The third-order valence-corrected chi connectivity index (χ3v) is 1.94. The molecule has 0 fully saturated rings. The quantitative estimate of drug-likeness (QED) is 0.449. The summed E-state index contributed by atoms with van der Waals surface area (Å²) >= 11 is 0. The van der Waals surface area contributed by atoms with E-state index < -0.39 is 4.92 Å². The van der Waals surface area contributed by atoms with E-state index in [1.165, 1.54) is 18.2 Å². The van der Waals surface area contributed by atoms with Crippen molar-refractivity contribution in [2.24, 2.45) is 0 Å². The van der Waals surface area contributed by atoms with Crippen LogP contribution >= 0.6 is 0 Å². The average molecular weight is 391 g/mol. The van der Waals surface area contributed by atoms with Gasteiger partial charge in [-0.1, -0.05) is 24.3 Å². The minimum atomic E-state index is -0.430. The van der Waals surface area contributed by atoms with E-state index in [0.717, 1.165) is 0 Å². The number of pyridine rings is 1. The van der Waals surface area contributed by atoms with E-state index in [2.05, 4.69) is 11.1 Å². The molecule has 0 amide bonds. The van der Waals surface area contributed by atoms with Crippen molar-refractivity contribution in [3.63, 3.8) is 0 Å². The molecular formula is C11H7IrN2O2-. The zero-order chi connectivity index (χ0) is 10.7. The molecule has 0 bridgehead atoms. The zero-order valence-corrected chi connectivity index (χ0v) is 10.5. The van der Waals surface area contributed by atoms with Gasteiger partial charge >= 0.3 is 0 Å². The van der Waals surface area contributed by atoms with Crippen molar-refractivity contribution < 1.29 is 25.0 Å². The van der Waals surface area contributed by atoms with Crippen molar-refractivity contribution >= 4 is 5.69 Å². The topological polar surface area (TPSA) is 56.0 Å². The number of aromatic nitrogens is 1. The van der Waals surface area contributed by atoms with Crippen molar-refractivity contribution in [2.75, 3.05) is 0 Å². The van der Waals surface area contributed by atoms with Gasteiger partial charge in [-0.2, -0.15) is 0 Å². The van der Waals surface area contributed by atoms with Gasteiger partial charge in [-0.25, -0.2) is 0 Å². The van der Waals surface area contributed by atoms with Gasteiger partial charge in [0.2, 0.25) is 0 Å². The van der Waals surface area contributed by atoms with Gasteiger partial charge in [0, 0.05) is 31.2 Å². The van der Waals surface area contributed by atoms with Crippen LogP contribution in [0.1, 0.15) is 0 Å². The molecule has 0 atom stereocenters. The first-order valence-corrected chi connectivity index (χ1v) is 4.35. The minimum Gasteiger partial charge on any atom is -0.305 e. The third kappa shape index (κ3) is 2.72. The summed E-state index contributed by atoms with van der Waals surface area (Å²) in [6, 6.07) is 12.7. The SMILES string of the molecule is O=[N+]([O-])c1cc[c-]c(-c2ccccn2)c1.[Ir]. The molecule has 1 heterocycles. The molecule has 83 valence electrons. The summed E-state index contributed by atoms with van der Waals surface area (Å²) in [5.41, 5.74) is 1.36. The summed E-state index contributed by atoms with van der Waals surface area (Å²) in [4.78, 5) is 14.2. The Kier molecular flexibility index (Phi) is 4.28. The first-order valence-electron chi connectivity index (χ1n) is 4.35. The van der Waals surface area contributed by atoms with Crippen molar-refractivity contribution in [3.05, 3.63) is 58.8 Å². The molecule has 0 unspecified atom stereocenters. The average Bonchev–Trinajstić information content (AvgIpc) is 2.30. The Morgan fingerprint density at radius 2 is 2.12 bits per heavy atom. The van der Waals surface area contributed by atoms with Gasteiger partial charge in [0.25, 0.3) is 0 Å². The van der Waals surface area contributed by atoms with Crippen LogP contribution in [-0.4, -0.2) is 9.91 Å². The van der Waals surface area contributed by atoms with Crippen molar-refractivity contribution in [1.82, 2.24) is 4.98 Å². The molecule has 0 aliphatic rings. The van der Waals surface area contributed by atoms with Crippen LogP contribution in [0.2, 0.25) is 0 Å². The molecule has 0 saturated heterocycles. The number of nitrogens with zero attached hydrogens (tertiary/aromatic N) is 2. The van der Waals surface area contributed by atoms with Crippen molar-refractivity contribution in [2.45, 2.75) is 0 Å². The summed E-state index contributed by atoms with van der Waals surface area (Å²) < 4.78 is 0. The molecule has 16 heavy (non-hydrogen) atoms. The van der Waals surface area contributed by atoms with Gasteiger partial charge in [-0.05, 0) is 11.8 Å². The summed E-state index contributed by atoms with van der Waals surface area (Å²) in [5.74, 6) is 0. The smallest absolute Gasteiger partial charge is 0.192 e. The third-order valence-electron chi connectivity index (χ3n) is 1.94. The van der Waals surface area contributed by atoms with E-state index in [4.69, 9.17) is 0 Å². The van der Waals surface area contributed by atoms with Gasteiger partial charge in [0.05, 0.1) is 0 Å². The Labute approximate surface area is 106 Å². The number of benzene rings is 1. The molecule has 5 heteroatoms. The summed E-state index contributed by atoms with van der Waals surface area (Å²) in [7, 11) is 0. The fourth-order valence-electron chi connectivity index (χ4n) is 1.24. The van der Waals surface area contributed by atoms with Crippen LogP contribution in [0.25, 0.3) is 11.3 Å². The van der Waals surface area contributed by atoms with E-state index >= 15 is 0 Å². The Morgan fingerprint density at radius 3 is 2.75 bits per heavy atom. The van der Waals surface area contributed by atoms with Crippen LogP contribution in [0, 0.1) is 16.2 Å². The number of rotatable bonds is 2. The molecule has 0 aliphatic carbocycles. The largest absolute Gasteiger partial charge is 0.305 e. The van der Waals surface area contributed by atoms with E-state index in [-0.39, 0.29) is 25.8 Å². The van der Waals surface area contributed by atoms with Crippen LogP contribution in [0.4, 0.5) is 5.69 Å². The molecule has 1 radical (unpaired) electrons. The van der Waals surface area contributed by atoms with Crippen LogP contribution in [-0.2, 0) is 20.1 Å². The molecule has 0 N–H and O–H groups in total. The predicted molar refractivity (Wildman–Crippen MR) is 55.2 cm³/mol. The maximum absolute atomic E-state index is 10.6. The predicted octanol–water partition coefficient (Wildman–Crippen LogP) is 2.45. The fourth-order valence-corrected chi connectivity index (χ4v) is 1.24. The Bertz CT molecular complexity index is 488. The zero-order valence-electron chi connectivity index (χ0n) is 8.09. The van der Waals surface area contributed by atoms with Crippen LogP contribution in [0.3, 0.4) is 0 Å². The number of nitro groups is 1. The molecule has 0 aliphatic heterocycles. The summed E-state index contributed by atoms with van der Waals surface area (Å²) in [5, 5.41) is 10.6. The molecular weight excluding hydrogens is 384 g/mol. The van der Waals surface area contributed by atoms with Crippen LogP contribution < -0.4 is 0 Å². The minimum absolute atomic E-state index is 0. The number of non-ortho nitro benzene ring substituents is 1. The van der Waals surface area contributed by atoms with Gasteiger partial charge < -0.3 is 4.98 Å². The first kappa shape index (κ1) is 12.5. The normalized spacial score (nSPS) is 9.25. The van der Waals surface area contributed by atoms with Gasteiger partial charge in [-0.3, -0.25) is 10.1 Å². The Morgan fingerprint density at radius 1 is 1.31 bits per heavy atom. The number of hydrogen-bond donors (Lipinski definition) is 0. The molecule has 1 aromatic carbocycles. The standard InChI is InChI=1S/C11H7N2O2.Ir/c14-13(15)10-5-3-4-9(8-10)11-6-1-2-7-12-11;/h1-3,5-8H;/q-1;. The fraction of sp³-hybridized carbons (Fsp3) is 0. The van der Waals surface area contributed by atoms with E-state index in [1.54, 1.807) is 18.3 Å². The second kappa shape index (κ2) is 5.49. The Hall–Kier alpha value is -1.58. The number of nitro benzene ring substituents is 1. The second-order valence-corrected chi connectivity index (χ2v) is 2.93. The van der Waals surface area contributed by atoms with Gasteiger partial charge in [-0.15, -0.1) is 17.7 Å². The van der Waals surface area contributed by atoms with Gasteiger partial charge in [0.15, 0.2) is 5.69 Å². The molecule has 4 nitrogen and oxygen atoms in total. The maximum atomic E-state index is 10.6. The molecule has 2 rings (SSSR count). The summed E-state index contributed by atoms with van der Waals surface area (Å²) in [6.45, 7) is 0. The first-order chi connectivity index (χ1) is 7.27. The van der Waals surface area contributed by atoms with Crippen molar-refractivity contribution in [1.29, 1.82) is 0 Å². The molecule has 1 aromatic heterocycles. The van der Waals surface area contributed by atoms with Crippen LogP contribution in [0.5, 0.6) is 0 Å². The summed E-state index contributed by atoms with van der Waals surface area (Å²) in [6.07, 6.45) is 1.64. The monoisotopic (exact) mass is 392 g/mol. The van der Waals surface area contributed by atoms with E-state index in [9.17, 15) is 10.1 Å². The van der Waals surface area contributed by atoms with E-state index in [0.29, 0.717) is 11.3 Å². The van der Waals surface area contributed by atoms with Crippen molar-refractivity contribution in [3.8, 4) is 11.3 Å². The molecule has 2 aromatic rings. The van der Waals surface area contributed by atoms with Gasteiger partial charge in [0.1, 0.15) is 0 Å². The Balaban J connectivity index is 0.00000128. The second-order valence-electron chi connectivity index (χ2n) is 2.93. The molecule has 0 spiro atoms. The molecule has 0 saturated carbocycles. The number of hydrogen-bond acceptors (Lipinski definition) is 3. The van der Waals surface area contributed by atoms with E-state index in [1.807, 2.05) is 6.07 Å². The maximum Gasteiger partial charge on any atom is 0.192 e. The van der Waals surface area contributed by atoms with Crippen LogP contribution in [0.15, 0.2) is 42.6 Å².